The number of nitrogens with zero attached hydrogens (tertiary/aromatic N) is 1. The molecule has 0 fully saturated rings. The summed E-state index contributed by atoms with van der Waals surface area (Å²) >= 11 is 0. The van der Waals surface area contributed by atoms with Crippen LogP contribution in [0, 0.1) is 5.92 Å². The minimum absolute atomic E-state index is 0.0839. The van der Waals surface area contributed by atoms with Crippen LogP contribution in [0.3, 0.4) is 0 Å². The normalized spacial score (nSPS) is 18.9. The monoisotopic (exact) mass is 447 g/mol. The molecule has 1 aliphatic rings. The molecule has 0 aromatic heterocycles. The molecule has 2 atom stereocenters. The standard InChI is InChI=1S/C27H29NO5/c1-5-6-8-14-21(29)17-19(2)27(18-20-12-9-7-10-13-20)26(30)33-25(28-27)24-22(31-3)15-11-16-23(24)32-4/h5-16,19H,17-18H2,1-4H3/b6-5+,14-8+. The molecule has 2 aromatic rings. The Kier molecular flexibility index (Phi) is 7.83. The molecule has 0 saturated carbocycles. The summed E-state index contributed by atoms with van der Waals surface area (Å²) in [6.07, 6.45) is 7.30. The second-order valence-corrected chi connectivity index (χ2v) is 7.89. The summed E-state index contributed by atoms with van der Waals surface area (Å²) in [5, 5.41) is 0. The number of carbonyl (C=O) groups is 2. The Morgan fingerprint density at radius 2 is 1.73 bits per heavy atom. The average Bonchev–Trinajstić information content (AvgIpc) is 3.15. The van der Waals surface area contributed by atoms with E-state index in [1.54, 1.807) is 30.4 Å². The quantitative estimate of drug-likeness (QED) is 0.299. The number of cyclic esters (lactones) is 1. The fourth-order valence-corrected chi connectivity index (χ4v) is 3.91. The lowest BCUT2D eigenvalue weighted by Crippen LogP contribution is -2.43. The number of hydrogen-bond acceptors (Lipinski definition) is 6. The predicted octanol–water partition coefficient (Wildman–Crippen LogP) is 4.72. The van der Waals surface area contributed by atoms with E-state index in [2.05, 4.69) is 0 Å². The summed E-state index contributed by atoms with van der Waals surface area (Å²) in [5.74, 6) is 0.107. The van der Waals surface area contributed by atoms with Gasteiger partial charge in [-0.25, -0.2) is 9.79 Å². The van der Waals surface area contributed by atoms with Gasteiger partial charge in [0.2, 0.25) is 5.90 Å². The van der Waals surface area contributed by atoms with Crippen molar-refractivity contribution in [2.24, 2.45) is 10.9 Å². The highest BCUT2D eigenvalue weighted by Crippen LogP contribution is 2.39. The summed E-state index contributed by atoms with van der Waals surface area (Å²) in [6.45, 7) is 3.74. The van der Waals surface area contributed by atoms with Gasteiger partial charge in [-0.1, -0.05) is 61.5 Å². The van der Waals surface area contributed by atoms with Crippen LogP contribution < -0.4 is 9.47 Å². The topological polar surface area (TPSA) is 74.2 Å². The number of ether oxygens (including phenoxy) is 3. The number of aliphatic imine (C=N–C) groups is 1. The maximum Gasteiger partial charge on any atom is 0.341 e. The van der Waals surface area contributed by atoms with Gasteiger partial charge < -0.3 is 14.2 Å². The van der Waals surface area contributed by atoms with Crippen molar-refractivity contribution >= 4 is 17.7 Å². The molecule has 2 aromatic carbocycles. The average molecular weight is 448 g/mol. The molecule has 0 amide bonds. The van der Waals surface area contributed by atoms with Gasteiger partial charge in [0.1, 0.15) is 17.1 Å². The molecule has 0 N–H and O–H groups in total. The second kappa shape index (κ2) is 10.8. The van der Waals surface area contributed by atoms with E-state index in [1.807, 2.05) is 50.3 Å². The highest BCUT2D eigenvalue weighted by Gasteiger charge is 2.51. The highest BCUT2D eigenvalue weighted by molar-refractivity contribution is 6.11. The first-order valence-corrected chi connectivity index (χ1v) is 10.8. The van der Waals surface area contributed by atoms with Crippen molar-refractivity contribution in [3.63, 3.8) is 0 Å². The van der Waals surface area contributed by atoms with Crippen molar-refractivity contribution < 1.29 is 23.8 Å². The van der Waals surface area contributed by atoms with E-state index in [-0.39, 0.29) is 18.1 Å². The van der Waals surface area contributed by atoms with Gasteiger partial charge in [0, 0.05) is 12.8 Å². The van der Waals surface area contributed by atoms with Crippen molar-refractivity contribution in [3.8, 4) is 11.5 Å². The van der Waals surface area contributed by atoms with Crippen LogP contribution in [-0.2, 0) is 20.7 Å². The molecular formula is C27H29NO5. The van der Waals surface area contributed by atoms with Crippen LogP contribution in [-0.4, -0.2) is 37.4 Å². The molecule has 0 saturated heterocycles. The van der Waals surface area contributed by atoms with Crippen LogP contribution in [0.5, 0.6) is 11.5 Å². The zero-order valence-electron chi connectivity index (χ0n) is 19.4. The van der Waals surface area contributed by atoms with Crippen molar-refractivity contribution in [1.82, 2.24) is 0 Å². The Morgan fingerprint density at radius 3 is 2.33 bits per heavy atom. The fraction of sp³-hybridized carbons (Fsp3) is 0.296. The van der Waals surface area contributed by atoms with E-state index in [0.717, 1.165) is 5.56 Å². The van der Waals surface area contributed by atoms with Crippen LogP contribution >= 0.6 is 0 Å². The lowest BCUT2D eigenvalue weighted by molar-refractivity contribution is -0.141. The zero-order chi connectivity index (χ0) is 23.8. The Balaban J connectivity index is 2.07. The Labute approximate surface area is 194 Å². The first-order chi connectivity index (χ1) is 15.9. The Morgan fingerprint density at radius 1 is 1.06 bits per heavy atom. The number of ketones is 1. The second-order valence-electron chi connectivity index (χ2n) is 7.89. The van der Waals surface area contributed by atoms with Crippen molar-refractivity contribution in [2.75, 3.05) is 14.2 Å². The molecule has 0 bridgehead atoms. The van der Waals surface area contributed by atoms with Crippen LogP contribution in [0.2, 0.25) is 0 Å². The van der Waals surface area contributed by atoms with Gasteiger partial charge in [0.05, 0.1) is 14.2 Å². The van der Waals surface area contributed by atoms with Gasteiger partial charge in [-0.05, 0) is 36.6 Å². The fourth-order valence-electron chi connectivity index (χ4n) is 3.91. The van der Waals surface area contributed by atoms with E-state index in [1.165, 1.54) is 20.3 Å². The number of methoxy groups -OCH3 is 2. The molecule has 3 rings (SSSR count). The SMILES string of the molecule is C/C=C/C=C/C(=O)CC(C)C1(Cc2ccccc2)N=C(c2c(OC)cccc2OC)OC1=O. The molecule has 2 unspecified atom stereocenters. The summed E-state index contributed by atoms with van der Waals surface area (Å²) in [7, 11) is 3.07. The molecule has 1 aliphatic heterocycles. The molecule has 33 heavy (non-hydrogen) atoms. The number of benzene rings is 2. The molecule has 1 heterocycles. The van der Waals surface area contributed by atoms with Crippen molar-refractivity contribution in [3.05, 3.63) is 84.0 Å². The number of esters is 1. The van der Waals surface area contributed by atoms with Crippen LogP contribution in [0.15, 0.2) is 77.8 Å². The van der Waals surface area contributed by atoms with Gasteiger partial charge in [0.25, 0.3) is 0 Å². The molecule has 0 radical (unpaired) electrons. The lowest BCUT2D eigenvalue weighted by atomic mass is 9.78. The maximum absolute atomic E-state index is 13.4. The summed E-state index contributed by atoms with van der Waals surface area (Å²) < 4.78 is 16.7. The zero-order valence-corrected chi connectivity index (χ0v) is 19.4. The molecule has 172 valence electrons. The van der Waals surface area contributed by atoms with Crippen LogP contribution in [0.25, 0.3) is 0 Å². The van der Waals surface area contributed by atoms with Gasteiger partial charge in [-0.3, -0.25) is 4.79 Å². The van der Waals surface area contributed by atoms with E-state index >= 15 is 0 Å². The third-order valence-electron chi connectivity index (χ3n) is 5.71. The van der Waals surface area contributed by atoms with Gasteiger partial charge in [-0.15, -0.1) is 0 Å². The summed E-state index contributed by atoms with van der Waals surface area (Å²) in [4.78, 5) is 30.8. The third-order valence-corrected chi connectivity index (χ3v) is 5.71. The number of allylic oxidation sites excluding steroid dienone is 4. The van der Waals surface area contributed by atoms with E-state index in [9.17, 15) is 9.59 Å². The van der Waals surface area contributed by atoms with E-state index in [4.69, 9.17) is 19.2 Å². The van der Waals surface area contributed by atoms with Crippen molar-refractivity contribution in [1.29, 1.82) is 0 Å². The van der Waals surface area contributed by atoms with Gasteiger partial charge >= 0.3 is 5.97 Å². The first kappa shape index (κ1) is 24.0. The number of rotatable bonds is 10. The first-order valence-electron chi connectivity index (χ1n) is 10.8. The minimum atomic E-state index is -1.26. The number of carbonyl (C=O) groups excluding carboxylic acids is 2. The number of hydrogen-bond donors (Lipinski definition) is 0. The van der Waals surface area contributed by atoms with Crippen molar-refractivity contribution in [2.45, 2.75) is 32.2 Å². The highest BCUT2D eigenvalue weighted by atomic mass is 16.6. The summed E-state index contributed by atoms with van der Waals surface area (Å²) in [6, 6.07) is 14.9. The minimum Gasteiger partial charge on any atom is -0.496 e. The maximum atomic E-state index is 13.4. The smallest absolute Gasteiger partial charge is 0.341 e. The third kappa shape index (κ3) is 5.22. The van der Waals surface area contributed by atoms with E-state index < -0.39 is 17.4 Å². The molecule has 6 heteroatoms. The Bertz CT molecular complexity index is 1060. The van der Waals surface area contributed by atoms with Gasteiger partial charge in [0.15, 0.2) is 11.3 Å². The Hall–Kier alpha value is -3.67. The molecule has 6 nitrogen and oxygen atoms in total. The predicted molar refractivity (Wildman–Crippen MR) is 128 cm³/mol. The lowest BCUT2D eigenvalue weighted by Gasteiger charge is -2.28. The summed E-state index contributed by atoms with van der Waals surface area (Å²) in [5.41, 5.74) is 0.139. The molecular weight excluding hydrogens is 418 g/mol. The van der Waals surface area contributed by atoms with Crippen LogP contribution in [0.1, 0.15) is 31.4 Å². The molecule has 0 spiro atoms. The van der Waals surface area contributed by atoms with Crippen LogP contribution in [0.4, 0.5) is 0 Å². The van der Waals surface area contributed by atoms with Gasteiger partial charge in [-0.2, -0.15) is 0 Å². The largest absolute Gasteiger partial charge is 0.496 e. The molecule has 0 aliphatic carbocycles. The van der Waals surface area contributed by atoms with E-state index in [0.29, 0.717) is 23.5 Å².